The normalized spacial score (nSPS) is 19.3. The van der Waals surface area contributed by atoms with E-state index in [1.165, 1.54) is 12.1 Å². The summed E-state index contributed by atoms with van der Waals surface area (Å²) >= 11 is 0. The zero-order valence-corrected chi connectivity index (χ0v) is 17.5. The predicted octanol–water partition coefficient (Wildman–Crippen LogP) is 6.25. The second-order valence-electron chi connectivity index (χ2n) is 7.93. The third-order valence-electron chi connectivity index (χ3n) is 5.81. The lowest BCUT2D eigenvalue weighted by molar-refractivity contribution is -0.0190. The van der Waals surface area contributed by atoms with Gasteiger partial charge in [0.15, 0.2) is 0 Å². The minimum absolute atomic E-state index is 0.0792. The maximum Gasteiger partial charge on any atom is 0.213 e. The molecular formula is C26H25FN2O2. The van der Waals surface area contributed by atoms with E-state index in [0.29, 0.717) is 0 Å². The SMILES string of the molecule is CCCCOc1ccc(C2=NN3C(C2)c2ccccc2OC3c2ccc(F)cc2)cc1. The zero-order chi connectivity index (χ0) is 21.2. The van der Waals surface area contributed by atoms with Gasteiger partial charge in [-0.2, -0.15) is 5.10 Å². The highest BCUT2D eigenvalue weighted by Crippen LogP contribution is 2.47. The fourth-order valence-electron chi connectivity index (χ4n) is 4.13. The molecule has 2 unspecified atom stereocenters. The Morgan fingerprint density at radius 3 is 2.58 bits per heavy atom. The molecule has 5 rings (SSSR count). The molecule has 5 heteroatoms. The number of hydrazone groups is 1. The summed E-state index contributed by atoms with van der Waals surface area (Å²) in [6.45, 7) is 2.89. The van der Waals surface area contributed by atoms with Crippen LogP contribution in [0.4, 0.5) is 4.39 Å². The van der Waals surface area contributed by atoms with Gasteiger partial charge in [0, 0.05) is 17.5 Å². The van der Waals surface area contributed by atoms with Gasteiger partial charge in [-0.15, -0.1) is 0 Å². The molecule has 158 valence electrons. The van der Waals surface area contributed by atoms with Crippen molar-refractivity contribution in [3.63, 3.8) is 0 Å². The Balaban J connectivity index is 1.45. The molecule has 2 aliphatic rings. The number of unbranched alkanes of at least 4 members (excludes halogenated alkanes) is 1. The number of para-hydroxylation sites is 1. The van der Waals surface area contributed by atoms with Crippen LogP contribution < -0.4 is 9.47 Å². The third kappa shape index (κ3) is 3.88. The molecule has 31 heavy (non-hydrogen) atoms. The first-order chi connectivity index (χ1) is 15.2. The van der Waals surface area contributed by atoms with Gasteiger partial charge in [-0.05, 0) is 54.4 Å². The van der Waals surface area contributed by atoms with E-state index < -0.39 is 6.23 Å². The highest BCUT2D eigenvalue weighted by Gasteiger charge is 2.40. The number of hydrogen-bond donors (Lipinski definition) is 0. The first-order valence-electron chi connectivity index (χ1n) is 10.8. The average molecular weight is 416 g/mol. The minimum atomic E-state index is -0.394. The molecule has 0 saturated carbocycles. The summed E-state index contributed by atoms with van der Waals surface area (Å²) in [5.41, 5.74) is 4.09. The number of ether oxygens (including phenoxy) is 2. The zero-order valence-electron chi connectivity index (χ0n) is 17.5. The highest BCUT2D eigenvalue weighted by atomic mass is 19.1. The molecular weight excluding hydrogens is 391 g/mol. The number of halogens is 1. The quantitative estimate of drug-likeness (QED) is 0.446. The van der Waals surface area contributed by atoms with Crippen LogP contribution in [0.3, 0.4) is 0 Å². The second-order valence-corrected chi connectivity index (χ2v) is 7.93. The van der Waals surface area contributed by atoms with Crippen molar-refractivity contribution in [1.29, 1.82) is 0 Å². The molecule has 0 amide bonds. The van der Waals surface area contributed by atoms with E-state index in [9.17, 15) is 4.39 Å². The van der Waals surface area contributed by atoms with Gasteiger partial charge >= 0.3 is 0 Å². The van der Waals surface area contributed by atoms with Crippen molar-refractivity contribution in [2.24, 2.45) is 5.10 Å². The number of hydrogen-bond acceptors (Lipinski definition) is 4. The molecule has 2 aliphatic heterocycles. The minimum Gasteiger partial charge on any atom is -0.494 e. The van der Waals surface area contributed by atoms with E-state index >= 15 is 0 Å². The molecule has 2 heterocycles. The molecule has 0 saturated heterocycles. The molecule has 0 bridgehead atoms. The Labute approximate surface area is 181 Å². The van der Waals surface area contributed by atoms with Crippen LogP contribution in [0.2, 0.25) is 0 Å². The summed E-state index contributed by atoms with van der Waals surface area (Å²) in [6.07, 6.45) is 2.56. The lowest BCUT2D eigenvalue weighted by Crippen LogP contribution is -2.33. The van der Waals surface area contributed by atoms with Crippen molar-refractivity contribution < 1.29 is 13.9 Å². The molecule has 3 aromatic carbocycles. The van der Waals surface area contributed by atoms with Crippen molar-refractivity contribution in [3.8, 4) is 11.5 Å². The smallest absolute Gasteiger partial charge is 0.213 e. The monoisotopic (exact) mass is 416 g/mol. The fraction of sp³-hybridized carbons (Fsp3) is 0.269. The van der Waals surface area contributed by atoms with Crippen LogP contribution in [0.25, 0.3) is 0 Å². The van der Waals surface area contributed by atoms with E-state index in [1.54, 1.807) is 12.1 Å². The van der Waals surface area contributed by atoms with Gasteiger partial charge < -0.3 is 9.47 Å². The molecule has 3 aromatic rings. The lowest BCUT2D eigenvalue weighted by atomic mass is 9.96. The molecule has 0 spiro atoms. The number of rotatable bonds is 6. The van der Waals surface area contributed by atoms with E-state index in [1.807, 2.05) is 35.3 Å². The third-order valence-corrected chi connectivity index (χ3v) is 5.81. The van der Waals surface area contributed by atoms with Crippen molar-refractivity contribution in [2.45, 2.75) is 38.5 Å². The molecule has 2 atom stereocenters. The molecule has 0 aromatic heterocycles. The van der Waals surface area contributed by atoms with Gasteiger partial charge in [0.1, 0.15) is 17.3 Å². The fourth-order valence-corrected chi connectivity index (χ4v) is 4.13. The standard InChI is InChI=1S/C26H25FN2O2/c1-2-3-16-30-21-14-10-18(11-15-21)23-17-24-22-6-4-5-7-25(22)31-26(29(24)28-23)19-8-12-20(27)13-9-19/h4-15,24,26H,2-3,16-17H2,1H3. The summed E-state index contributed by atoms with van der Waals surface area (Å²) in [6, 6.07) is 22.8. The molecule has 0 aliphatic carbocycles. The maximum atomic E-state index is 13.5. The van der Waals surface area contributed by atoms with E-state index in [-0.39, 0.29) is 11.9 Å². The van der Waals surface area contributed by atoms with Crippen LogP contribution in [-0.4, -0.2) is 17.3 Å². The van der Waals surface area contributed by atoms with E-state index in [4.69, 9.17) is 14.6 Å². The lowest BCUT2D eigenvalue weighted by Gasteiger charge is -2.38. The topological polar surface area (TPSA) is 34.1 Å². The summed E-state index contributed by atoms with van der Waals surface area (Å²) < 4.78 is 25.6. The van der Waals surface area contributed by atoms with Crippen molar-refractivity contribution in [3.05, 3.63) is 95.3 Å². The summed E-state index contributed by atoms with van der Waals surface area (Å²) in [5.74, 6) is 1.48. The number of benzene rings is 3. The van der Waals surface area contributed by atoms with E-state index in [2.05, 4.69) is 25.1 Å². The first kappa shape index (κ1) is 19.6. The molecule has 0 radical (unpaired) electrons. The first-order valence-corrected chi connectivity index (χ1v) is 10.8. The van der Waals surface area contributed by atoms with Gasteiger partial charge in [0.2, 0.25) is 6.23 Å². The van der Waals surface area contributed by atoms with Gasteiger partial charge in [0.25, 0.3) is 0 Å². The Bertz CT molecular complexity index is 1080. The van der Waals surface area contributed by atoms with Gasteiger partial charge in [0.05, 0.1) is 18.4 Å². The average Bonchev–Trinajstić information content (AvgIpc) is 3.26. The maximum absolute atomic E-state index is 13.5. The number of fused-ring (bicyclic) bond motifs is 3. The van der Waals surface area contributed by atoms with Crippen LogP contribution in [0.15, 0.2) is 77.9 Å². The Morgan fingerprint density at radius 2 is 1.81 bits per heavy atom. The van der Waals surface area contributed by atoms with Crippen LogP contribution in [0, 0.1) is 5.82 Å². The van der Waals surface area contributed by atoms with Gasteiger partial charge in [-0.3, -0.25) is 0 Å². The van der Waals surface area contributed by atoms with Crippen LogP contribution in [0.5, 0.6) is 11.5 Å². The summed E-state index contributed by atoms with van der Waals surface area (Å²) in [5, 5.41) is 6.97. The Hall–Kier alpha value is -3.34. The van der Waals surface area contributed by atoms with Crippen LogP contribution in [-0.2, 0) is 0 Å². The predicted molar refractivity (Wildman–Crippen MR) is 119 cm³/mol. The van der Waals surface area contributed by atoms with Crippen LogP contribution in [0.1, 0.15) is 55.1 Å². The number of nitrogens with zero attached hydrogens (tertiary/aromatic N) is 2. The van der Waals surface area contributed by atoms with E-state index in [0.717, 1.165) is 59.8 Å². The molecule has 0 N–H and O–H groups in total. The van der Waals surface area contributed by atoms with Crippen molar-refractivity contribution in [2.75, 3.05) is 6.61 Å². The van der Waals surface area contributed by atoms with Gasteiger partial charge in [-0.1, -0.05) is 43.7 Å². The van der Waals surface area contributed by atoms with Crippen molar-refractivity contribution in [1.82, 2.24) is 5.01 Å². The molecule has 4 nitrogen and oxygen atoms in total. The largest absolute Gasteiger partial charge is 0.494 e. The Morgan fingerprint density at radius 1 is 1.03 bits per heavy atom. The molecule has 0 fully saturated rings. The van der Waals surface area contributed by atoms with Gasteiger partial charge in [-0.25, -0.2) is 9.40 Å². The summed E-state index contributed by atoms with van der Waals surface area (Å²) in [4.78, 5) is 0. The second kappa shape index (κ2) is 8.42. The van der Waals surface area contributed by atoms with Crippen LogP contribution >= 0.6 is 0 Å². The van der Waals surface area contributed by atoms with Crippen molar-refractivity contribution >= 4 is 5.71 Å². The Kier molecular flexibility index (Phi) is 5.33. The highest BCUT2D eigenvalue weighted by molar-refractivity contribution is 6.02. The summed E-state index contributed by atoms with van der Waals surface area (Å²) in [7, 11) is 0.